The number of anilines is 1. The Labute approximate surface area is 248 Å². The molecule has 2 aromatic carbocycles. The molecule has 0 amide bonds. The van der Waals surface area contributed by atoms with Crippen molar-refractivity contribution in [2.75, 3.05) is 38.2 Å². The van der Waals surface area contributed by atoms with Crippen molar-refractivity contribution in [1.82, 2.24) is 30.4 Å². The molecule has 4 aliphatic heterocycles. The number of methoxy groups -OCH3 is 1. The Morgan fingerprint density at radius 3 is 2.88 bits per heavy atom. The number of aromatic nitrogens is 4. The first-order valence-corrected chi connectivity index (χ1v) is 14.7. The van der Waals surface area contributed by atoms with Crippen LogP contribution < -0.4 is 10.2 Å². The van der Waals surface area contributed by atoms with E-state index in [9.17, 15) is 5.11 Å². The third-order valence-corrected chi connectivity index (χ3v) is 9.59. The van der Waals surface area contributed by atoms with Gasteiger partial charge in [-0.1, -0.05) is 24.0 Å². The van der Waals surface area contributed by atoms with Gasteiger partial charge in [0.1, 0.15) is 17.0 Å². The number of halogens is 1. The third kappa shape index (κ3) is 4.13. The van der Waals surface area contributed by atoms with Crippen LogP contribution >= 0.6 is 0 Å². The summed E-state index contributed by atoms with van der Waals surface area (Å²) in [5.41, 5.74) is 0.930. The van der Waals surface area contributed by atoms with Crippen molar-refractivity contribution < 1.29 is 14.2 Å². The molecule has 43 heavy (non-hydrogen) atoms. The van der Waals surface area contributed by atoms with Crippen molar-refractivity contribution in [2.24, 2.45) is 0 Å². The minimum Gasteiger partial charge on any atom is -0.508 e. The number of terminal acetylenes is 1. The molecule has 2 bridgehead atoms. The van der Waals surface area contributed by atoms with Crippen molar-refractivity contribution in [3.8, 4) is 41.2 Å². The lowest BCUT2D eigenvalue weighted by atomic mass is 9.94. The Morgan fingerprint density at radius 2 is 2.09 bits per heavy atom. The van der Waals surface area contributed by atoms with Crippen LogP contribution in [0.3, 0.4) is 0 Å². The molecule has 8 rings (SSSR count). The summed E-state index contributed by atoms with van der Waals surface area (Å²) in [5.74, 6) is 9.53. The second-order valence-electron chi connectivity index (χ2n) is 12.0. The number of rotatable bonds is 3. The molecular weight excluding hydrogens is 545 g/mol. The SMILES string of the molecule is C#Cc1cccc2cc(O)cc(-c3nnc4c(N5C[C@H]6C[C@@H]5CN6)nc(C#C[C@@]56CCCN5C[C@H](OC)C6)nc4c3F)c12. The number of benzene rings is 2. The van der Waals surface area contributed by atoms with Gasteiger partial charge in [-0.3, -0.25) is 4.90 Å². The van der Waals surface area contributed by atoms with Gasteiger partial charge in [0.15, 0.2) is 17.2 Å². The third-order valence-electron chi connectivity index (χ3n) is 9.59. The second-order valence-corrected chi connectivity index (χ2v) is 12.0. The summed E-state index contributed by atoms with van der Waals surface area (Å²) in [6.45, 7) is 3.40. The van der Waals surface area contributed by atoms with Gasteiger partial charge in [0.2, 0.25) is 5.82 Å². The number of ether oxygens (including phenoxy) is 1. The number of nitrogens with zero attached hydrogens (tertiary/aromatic N) is 6. The summed E-state index contributed by atoms with van der Waals surface area (Å²) in [4.78, 5) is 14.1. The van der Waals surface area contributed by atoms with Crippen molar-refractivity contribution in [1.29, 1.82) is 0 Å². The monoisotopic (exact) mass is 575 g/mol. The molecule has 0 aliphatic carbocycles. The molecule has 4 aliphatic rings. The lowest BCUT2D eigenvalue weighted by molar-refractivity contribution is 0.108. The molecule has 0 saturated carbocycles. The van der Waals surface area contributed by atoms with Gasteiger partial charge in [-0.15, -0.1) is 16.6 Å². The average molecular weight is 576 g/mol. The first kappa shape index (κ1) is 26.3. The van der Waals surface area contributed by atoms with Crippen LogP contribution in [-0.2, 0) is 4.74 Å². The van der Waals surface area contributed by atoms with Crippen LogP contribution in [0, 0.1) is 30.0 Å². The van der Waals surface area contributed by atoms with E-state index in [1.165, 1.54) is 6.07 Å². The minimum atomic E-state index is -0.654. The van der Waals surface area contributed by atoms with Gasteiger partial charge in [-0.25, -0.2) is 14.4 Å². The second kappa shape index (κ2) is 9.85. The number of nitrogens with one attached hydrogen (secondary N) is 1. The quantitative estimate of drug-likeness (QED) is 0.357. The lowest BCUT2D eigenvalue weighted by Gasteiger charge is -2.29. The molecule has 4 aromatic rings. The zero-order valence-electron chi connectivity index (χ0n) is 23.8. The summed E-state index contributed by atoms with van der Waals surface area (Å²) in [7, 11) is 1.74. The first-order valence-electron chi connectivity index (χ1n) is 14.7. The fraction of sp³-hybridized carbons (Fsp3) is 0.394. The zero-order valence-corrected chi connectivity index (χ0v) is 23.8. The van der Waals surface area contributed by atoms with Crippen LogP contribution in [0.4, 0.5) is 10.2 Å². The highest BCUT2D eigenvalue weighted by Gasteiger charge is 2.47. The molecule has 2 aromatic heterocycles. The van der Waals surface area contributed by atoms with Crippen molar-refractivity contribution in [2.45, 2.75) is 49.4 Å². The molecule has 10 heteroatoms. The highest BCUT2D eigenvalue weighted by molar-refractivity contribution is 6.02. The predicted octanol–water partition coefficient (Wildman–Crippen LogP) is 3.22. The van der Waals surface area contributed by atoms with Crippen LogP contribution in [0.25, 0.3) is 33.1 Å². The van der Waals surface area contributed by atoms with E-state index in [1.807, 2.05) is 6.07 Å². The van der Waals surface area contributed by atoms with E-state index >= 15 is 4.39 Å². The van der Waals surface area contributed by atoms with Gasteiger partial charge in [0.05, 0.1) is 11.6 Å². The van der Waals surface area contributed by atoms with Gasteiger partial charge in [0, 0.05) is 61.8 Å². The van der Waals surface area contributed by atoms with Crippen LogP contribution in [0.1, 0.15) is 37.1 Å². The molecule has 9 nitrogen and oxygen atoms in total. The normalized spacial score (nSPS) is 26.2. The molecule has 4 fully saturated rings. The van der Waals surface area contributed by atoms with E-state index in [-0.39, 0.29) is 40.5 Å². The van der Waals surface area contributed by atoms with E-state index in [2.05, 4.69) is 48.1 Å². The van der Waals surface area contributed by atoms with Crippen LogP contribution in [0.2, 0.25) is 0 Å². The summed E-state index contributed by atoms with van der Waals surface area (Å²) in [5, 5.41) is 24.2. The Hall–Kier alpha value is -4.35. The highest BCUT2D eigenvalue weighted by Crippen LogP contribution is 2.40. The van der Waals surface area contributed by atoms with E-state index in [1.54, 1.807) is 25.3 Å². The number of piperazine rings is 1. The average Bonchev–Trinajstić information content (AvgIpc) is 3.80. The molecule has 0 unspecified atom stereocenters. The predicted molar refractivity (Wildman–Crippen MR) is 161 cm³/mol. The molecule has 4 saturated heterocycles. The topological polar surface area (TPSA) is 99.5 Å². The number of phenolic OH excluding ortho intramolecular Hbond substituents is 1. The Morgan fingerprint density at radius 1 is 1.19 bits per heavy atom. The van der Waals surface area contributed by atoms with E-state index < -0.39 is 5.82 Å². The number of aromatic hydroxyl groups is 1. The Kier molecular flexibility index (Phi) is 6.02. The van der Waals surface area contributed by atoms with Gasteiger partial charge in [-0.2, -0.15) is 0 Å². The van der Waals surface area contributed by atoms with Crippen molar-refractivity contribution in [3.63, 3.8) is 0 Å². The standard InChI is InChI=1S/C33H30FN7O2/c1-3-19-6-4-7-20-12-23(42)14-25(27(19)20)29-28(34)30-31(39-38-29)32(41-17-21-13-22(41)16-35-21)37-26(36-30)8-10-33-9-5-11-40(33)18-24(15-33)43-2/h1,4,6-7,12,14,21-22,24,35,42H,5,9,11,13,15-18H2,2H3/t21-,22-,24-,33-/m1/s1. The van der Waals surface area contributed by atoms with Gasteiger partial charge in [-0.05, 0) is 55.3 Å². The van der Waals surface area contributed by atoms with E-state index in [4.69, 9.17) is 16.1 Å². The molecular formula is C33H30FN7O2. The summed E-state index contributed by atoms with van der Waals surface area (Å²) < 4.78 is 22.4. The van der Waals surface area contributed by atoms with Crippen LogP contribution in [0.15, 0.2) is 30.3 Å². The maximum Gasteiger partial charge on any atom is 0.207 e. The van der Waals surface area contributed by atoms with Gasteiger partial charge >= 0.3 is 0 Å². The molecule has 216 valence electrons. The molecule has 0 radical (unpaired) electrons. The number of hydrogen-bond donors (Lipinski definition) is 2. The summed E-state index contributed by atoms with van der Waals surface area (Å²) in [6.07, 6.45) is 9.78. The Bertz CT molecular complexity index is 1910. The fourth-order valence-corrected chi connectivity index (χ4v) is 7.55. The Balaban J connectivity index is 1.32. The molecule has 0 spiro atoms. The van der Waals surface area contributed by atoms with Crippen LogP contribution in [-0.4, -0.2) is 87.2 Å². The maximum absolute atomic E-state index is 16.7. The fourth-order valence-electron chi connectivity index (χ4n) is 7.55. The smallest absolute Gasteiger partial charge is 0.207 e. The molecule has 6 heterocycles. The van der Waals surface area contributed by atoms with Crippen LogP contribution in [0.5, 0.6) is 5.75 Å². The van der Waals surface area contributed by atoms with Crippen molar-refractivity contribution >= 4 is 27.6 Å². The maximum atomic E-state index is 16.7. The zero-order chi connectivity index (χ0) is 29.3. The largest absolute Gasteiger partial charge is 0.508 e. The number of fused-ring (bicyclic) bond motifs is 5. The molecule has 2 N–H and O–H groups in total. The first-order chi connectivity index (χ1) is 21.0. The summed E-state index contributed by atoms with van der Waals surface area (Å²) >= 11 is 0. The minimum absolute atomic E-state index is 0.0280. The van der Waals surface area contributed by atoms with Crippen molar-refractivity contribution in [3.05, 3.63) is 47.5 Å². The number of phenols is 1. The van der Waals surface area contributed by atoms with Gasteiger partial charge in [0.25, 0.3) is 0 Å². The van der Waals surface area contributed by atoms with Gasteiger partial charge < -0.3 is 20.1 Å². The number of hydrogen-bond acceptors (Lipinski definition) is 9. The highest BCUT2D eigenvalue weighted by atomic mass is 19.1. The van der Waals surface area contributed by atoms with E-state index in [0.29, 0.717) is 39.3 Å². The van der Waals surface area contributed by atoms with E-state index in [0.717, 1.165) is 51.9 Å². The lowest BCUT2D eigenvalue weighted by Crippen LogP contribution is -2.44. The summed E-state index contributed by atoms with van der Waals surface area (Å²) in [6, 6.07) is 9.04. The molecule has 4 atom stereocenters.